The number of carbonyl (C=O) groups is 1. The normalized spacial score (nSPS) is 11.5. The average molecular weight is 465 g/mol. The van der Waals surface area contributed by atoms with Gasteiger partial charge in [0.25, 0.3) is 0 Å². The number of methoxy groups -OCH3 is 3. The molecule has 0 aromatic heterocycles. The van der Waals surface area contributed by atoms with Crippen LogP contribution in [0.25, 0.3) is 0 Å². The first-order valence-corrected chi connectivity index (χ1v) is 11.7. The summed E-state index contributed by atoms with van der Waals surface area (Å²) in [7, 11) is 2.02. The predicted molar refractivity (Wildman–Crippen MR) is 123 cm³/mol. The highest BCUT2D eigenvalue weighted by atomic mass is 32.2. The number of carbonyl (C=O) groups excluding carboxylic acids is 1. The molecule has 1 amide bonds. The maximum Gasteiger partial charge on any atom is 0.246 e. The Hall–Kier alpha value is -2.78. The van der Waals surface area contributed by atoms with Gasteiger partial charge in [-0.05, 0) is 47.7 Å². The van der Waals surface area contributed by atoms with Crippen molar-refractivity contribution in [2.45, 2.75) is 31.1 Å². The third-order valence-electron chi connectivity index (χ3n) is 5.09. The molecule has 0 bridgehead atoms. The van der Waals surface area contributed by atoms with Crippen molar-refractivity contribution in [2.75, 3.05) is 41.5 Å². The molecule has 0 fully saturated rings. The van der Waals surface area contributed by atoms with E-state index in [4.69, 9.17) is 14.2 Å². The Morgan fingerprint density at radius 2 is 1.59 bits per heavy atom. The SMILES string of the molecule is COc1ccc(CCNC(=O)CN(C)S(=O)(=O)c2cc(C(C)C)ccc2OC)cc1OC. The molecule has 0 unspecified atom stereocenters. The number of hydrogen-bond donors (Lipinski definition) is 1. The van der Waals surface area contributed by atoms with Crippen molar-refractivity contribution >= 4 is 15.9 Å². The zero-order valence-corrected chi connectivity index (χ0v) is 20.3. The fourth-order valence-corrected chi connectivity index (χ4v) is 4.46. The molecule has 0 atom stereocenters. The maximum absolute atomic E-state index is 13.1. The molecule has 0 saturated carbocycles. The standard InChI is InChI=1S/C23H32N2O6S/c1-16(2)18-8-10-20(30-5)22(14-18)32(27,28)25(3)15-23(26)24-12-11-17-7-9-19(29-4)21(13-17)31-6/h7-10,13-14,16H,11-12,15H2,1-6H3,(H,24,26). The van der Waals surface area contributed by atoms with Gasteiger partial charge in [0, 0.05) is 13.6 Å². The largest absolute Gasteiger partial charge is 0.495 e. The topological polar surface area (TPSA) is 94.2 Å². The fourth-order valence-electron chi connectivity index (χ4n) is 3.15. The first-order valence-electron chi connectivity index (χ1n) is 10.3. The van der Waals surface area contributed by atoms with Crippen LogP contribution in [0.5, 0.6) is 17.2 Å². The number of nitrogens with one attached hydrogen (secondary N) is 1. The van der Waals surface area contributed by atoms with Crippen LogP contribution in [0.1, 0.15) is 30.9 Å². The van der Waals surface area contributed by atoms with Gasteiger partial charge >= 0.3 is 0 Å². The molecule has 32 heavy (non-hydrogen) atoms. The van der Waals surface area contributed by atoms with Gasteiger partial charge in [-0.2, -0.15) is 4.31 Å². The monoisotopic (exact) mass is 464 g/mol. The Balaban J connectivity index is 2.02. The molecule has 176 valence electrons. The van der Waals surface area contributed by atoms with Gasteiger partial charge in [0.15, 0.2) is 11.5 Å². The summed E-state index contributed by atoms with van der Waals surface area (Å²) < 4.78 is 43.0. The lowest BCUT2D eigenvalue weighted by Gasteiger charge is -2.20. The smallest absolute Gasteiger partial charge is 0.246 e. The first kappa shape index (κ1) is 25.5. The van der Waals surface area contributed by atoms with Crippen LogP contribution in [0, 0.1) is 0 Å². The number of benzene rings is 2. The highest BCUT2D eigenvalue weighted by molar-refractivity contribution is 7.89. The summed E-state index contributed by atoms with van der Waals surface area (Å²) in [6, 6.07) is 10.6. The van der Waals surface area contributed by atoms with E-state index in [-0.39, 0.29) is 23.1 Å². The van der Waals surface area contributed by atoms with E-state index < -0.39 is 15.9 Å². The van der Waals surface area contributed by atoms with Crippen LogP contribution in [0.2, 0.25) is 0 Å². The molecule has 0 aliphatic rings. The highest BCUT2D eigenvalue weighted by Gasteiger charge is 2.27. The number of sulfonamides is 1. The van der Waals surface area contributed by atoms with E-state index in [0.717, 1.165) is 15.4 Å². The van der Waals surface area contributed by atoms with E-state index in [0.29, 0.717) is 24.5 Å². The third kappa shape index (κ3) is 6.14. The summed E-state index contributed by atoms with van der Waals surface area (Å²) >= 11 is 0. The summed E-state index contributed by atoms with van der Waals surface area (Å²) in [6.07, 6.45) is 0.562. The van der Waals surface area contributed by atoms with Crippen LogP contribution in [0.3, 0.4) is 0 Å². The molecule has 2 aromatic carbocycles. The summed E-state index contributed by atoms with van der Waals surface area (Å²) in [5.74, 6) is 1.24. The molecule has 2 aromatic rings. The lowest BCUT2D eigenvalue weighted by molar-refractivity contribution is -0.121. The Kier molecular flexibility index (Phi) is 8.91. The van der Waals surface area contributed by atoms with Gasteiger partial charge in [0.1, 0.15) is 10.6 Å². The molecular formula is C23H32N2O6S. The second-order valence-corrected chi connectivity index (χ2v) is 9.63. The van der Waals surface area contributed by atoms with Gasteiger partial charge in [0.05, 0.1) is 27.9 Å². The lowest BCUT2D eigenvalue weighted by atomic mass is 10.0. The molecule has 2 rings (SSSR count). The zero-order valence-electron chi connectivity index (χ0n) is 19.5. The van der Waals surface area contributed by atoms with Crippen LogP contribution in [0.4, 0.5) is 0 Å². The third-order valence-corrected chi connectivity index (χ3v) is 6.92. The molecule has 0 saturated heterocycles. The summed E-state index contributed by atoms with van der Waals surface area (Å²) in [5, 5.41) is 2.76. The Morgan fingerprint density at radius 3 is 2.19 bits per heavy atom. The molecule has 0 aliphatic heterocycles. The van der Waals surface area contributed by atoms with Crippen molar-refractivity contribution in [3.8, 4) is 17.2 Å². The lowest BCUT2D eigenvalue weighted by Crippen LogP contribution is -2.39. The van der Waals surface area contributed by atoms with Gasteiger partial charge in [0.2, 0.25) is 15.9 Å². The number of hydrogen-bond acceptors (Lipinski definition) is 6. The second-order valence-electron chi connectivity index (χ2n) is 7.62. The number of nitrogens with zero attached hydrogens (tertiary/aromatic N) is 1. The van der Waals surface area contributed by atoms with Crippen molar-refractivity contribution in [3.63, 3.8) is 0 Å². The highest BCUT2D eigenvalue weighted by Crippen LogP contribution is 2.30. The van der Waals surface area contributed by atoms with Gasteiger partial charge in [-0.15, -0.1) is 0 Å². The zero-order chi connectivity index (χ0) is 23.9. The predicted octanol–water partition coefficient (Wildman–Crippen LogP) is 2.82. The molecule has 8 nitrogen and oxygen atoms in total. The van der Waals surface area contributed by atoms with E-state index in [1.165, 1.54) is 14.2 Å². The van der Waals surface area contributed by atoms with Crippen molar-refractivity contribution in [1.29, 1.82) is 0 Å². The molecule has 9 heteroatoms. The van der Waals surface area contributed by atoms with Crippen LogP contribution >= 0.6 is 0 Å². The first-order chi connectivity index (χ1) is 15.1. The number of amides is 1. The number of ether oxygens (including phenoxy) is 3. The average Bonchev–Trinajstić information content (AvgIpc) is 2.78. The van der Waals surface area contributed by atoms with Gasteiger partial charge in [-0.25, -0.2) is 8.42 Å². The molecule has 0 spiro atoms. The quantitative estimate of drug-likeness (QED) is 0.550. The minimum atomic E-state index is -3.91. The molecule has 0 radical (unpaired) electrons. The van der Waals surface area contributed by atoms with Crippen molar-refractivity contribution in [3.05, 3.63) is 47.5 Å². The van der Waals surface area contributed by atoms with Crippen LogP contribution in [0.15, 0.2) is 41.3 Å². The van der Waals surface area contributed by atoms with Gasteiger partial charge < -0.3 is 19.5 Å². The fraction of sp³-hybridized carbons (Fsp3) is 0.435. The Bertz CT molecular complexity index is 1040. The van der Waals surface area contributed by atoms with Gasteiger partial charge in [-0.3, -0.25) is 4.79 Å². The summed E-state index contributed by atoms with van der Waals surface area (Å²) in [5.41, 5.74) is 1.83. The second kappa shape index (κ2) is 11.2. The van der Waals surface area contributed by atoms with Crippen LogP contribution < -0.4 is 19.5 Å². The Morgan fingerprint density at radius 1 is 0.969 bits per heavy atom. The number of likely N-dealkylation sites (N-methyl/N-ethyl adjacent to an activating group) is 1. The van der Waals surface area contributed by atoms with Crippen molar-refractivity contribution in [1.82, 2.24) is 9.62 Å². The van der Waals surface area contributed by atoms with E-state index in [1.807, 2.05) is 32.0 Å². The minimum absolute atomic E-state index is 0.0480. The van der Waals surface area contributed by atoms with Crippen LogP contribution in [-0.4, -0.2) is 60.1 Å². The molecule has 0 aliphatic carbocycles. The molecule has 0 heterocycles. The molecule has 1 N–H and O–H groups in total. The van der Waals surface area contributed by atoms with Gasteiger partial charge in [-0.1, -0.05) is 26.0 Å². The maximum atomic E-state index is 13.1. The molecular weight excluding hydrogens is 432 g/mol. The van der Waals surface area contributed by atoms with Crippen molar-refractivity contribution < 1.29 is 27.4 Å². The van der Waals surface area contributed by atoms with E-state index in [9.17, 15) is 13.2 Å². The summed E-state index contributed by atoms with van der Waals surface area (Å²) in [6.45, 7) is 4.01. The Labute approximate surface area is 190 Å². The minimum Gasteiger partial charge on any atom is -0.495 e. The van der Waals surface area contributed by atoms with E-state index >= 15 is 0 Å². The van der Waals surface area contributed by atoms with Crippen LogP contribution in [-0.2, 0) is 21.2 Å². The number of rotatable bonds is 11. The van der Waals surface area contributed by atoms with Crippen molar-refractivity contribution in [2.24, 2.45) is 0 Å². The summed E-state index contributed by atoms with van der Waals surface area (Å²) in [4.78, 5) is 12.4. The van der Waals surface area contributed by atoms with E-state index in [1.54, 1.807) is 32.4 Å². The van der Waals surface area contributed by atoms with E-state index in [2.05, 4.69) is 5.32 Å².